The molecule has 88 valence electrons. The Kier molecular flexibility index (Phi) is 8.36. The van der Waals surface area contributed by atoms with Gasteiger partial charge in [0.1, 0.15) is 0 Å². The summed E-state index contributed by atoms with van der Waals surface area (Å²) in [6.45, 7) is 13.2. The molecule has 0 N–H and O–H groups in total. The third-order valence-corrected chi connectivity index (χ3v) is 2.41. The van der Waals surface area contributed by atoms with Crippen LogP contribution in [0.4, 0.5) is 0 Å². The Morgan fingerprint density at radius 2 is 1.20 bits per heavy atom. The van der Waals surface area contributed by atoms with Crippen molar-refractivity contribution < 1.29 is 17.5 Å². The molecule has 0 aromatic rings. The van der Waals surface area contributed by atoms with Crippen molar-refractivity contribution in [3.63, 3.8) is 0 Å². The van der Waals surface area contributed by atoms with Crippen LogP contribution in [0, 0.1) is 0 Å². The normalized spacial score (nSPS) is 11.1. The second-order valence-corrected chi connectivity index (χ2v) is 5.71. The van der Waals surface area contributed by atoms with Gasteiger partial charge in [-0.1, -0.05) is 0 Å². The second kappa shape index (κ2) is 7.24. The van der Waals surface area contributed by atoms with Crippen molar-refractivity contribution in [3.8, 4) is 0 Å². The zero-order valence-electron chi connectivity index (χ0n) is 10.7. The summed E-state index contributed by atoms with van der Waals surface area (Å²) in [5.41, 5.74) is -0.138. The number of hydrogen-bond acceptors (Lipinski definition) is 4. The summed E-state index contributed by atoms with van der Waals surface area (Å²) in [6, 6.07) is 0. The monoisotopic (exact) mass is 232 g/mol. The van der Waals surface area contributed by atoms with Crippen LogP contribution in [0.5, 0.6) is 0 Å². The number of carboxylic acids is 1. The van der Waals surface area contributed by atoms with E-state index in [0.717, 1.165) is 6.92 Å². The number of hydrogen-bond donors (Lipinski definition) is 0. The quantitative estimate of drug-likeness (QED) is 0.664. The maximum absolute atomic E-state index is 8.89. The number of carbonyl (C=O) groups excluding carboxylic acids is 1. The first kappa shape index (κ1) is 17.3. The Morgan fingerprint density at radius 3 is 1.33 bits per heavy atom. The molecule has 0 aliphatic heterocycles. The van der Waals surface area contributed by atoms with E-state index in [1.54, 1.807) is 0 Å². The van der Waals surface area contributed by atoms with Gasteiger partial charge in [-0.25, -0.2) is 0 Å². The van der Waals surface area contributed by atoms with Crippen LogP contribution < -0.4 is 5.11 Å². The van der Waals surface area contributed by atoms with E-state index >= 15 is 0 Å². The molecular weight excluding hydrogens is 211 g/mol. The van der Waals surface area contributed by atoms with Gasteiger partial charge in [0.25, 0.3) is 0 Å². The van der Waals surface area contributed by atoms with E-state index in [2.05, 4.69) is 0 Å². The van der Waals surface area contributed by atoms with E-state index in [4.69, 9.17) is 17.5 Å². The number of aliphatic carboxylic acids is 1. The van der Waals surface area contributed by atoms with Crippen molar-refractivity contribution in [2.24, 2.45) is 0 Å². The van der Waals surface area contributed by atoms with Gasteiger partial charge >= 0.3 is 76.2 Å². The molecule has 0 saturated heterocycles. The minimum absolute atomic E-state index is 0.0689. The first-order valence-corrected chi connectivity index (χ1v) is 5.73. The van der Waals surface area contributed by atoms with Gasteiger partial charge in [0.15, 0.2) is 0 Å². The Labute approximate surface area is 99.3 Å². The van der Waals surface area contributed by atoms with Gasteiger partial charge in [-0.05, 0) is 6.92 Å². The van der Waals surface area contributed by atoms with Crippen LogP contribution in [0.2, 0.25) is 0 Å². The molecule has 4 nitrogen and oxygen atoms in total. The van der Waals surface area contributed by atoms with Crippen molar-refractivity contribution >= 4 is 21.9 Å². The fraction of sp³-hybridized carbons (Fsp3) is 0.900. The molecule has 0 rings (SSSR count). The predicted octanol–water partition coefficient (Wildman–Crippen LogP) is 0.907. The molecule has 15 heavy (non-hydrogen) atoms. The fourth-order valence-corrected chi connectivity index (χ4v) is 0.938. The minimum atomic E-state index is -1.08. The van der Waals surface area contributed by atoms with E-state index in [1.165, 1.54) is 0 Å². The van der Waals surface area contributed by atoms with Gasteiger partial charge in [-0.2, -0.15) is 0 Å². The van der Waals surface area contributed by atoms with Crippen molar-refractivity contribution in [1.82, 2.24) is 0 Å². The molecule has 0 atom stereocenters. The molecule has 0 amide bonds. The van der Waals surface area contributed by atoms with Crippen LogP contribution >= 0.6 is 0 Å². The molecule has 0 bridgehead atoms. The van der Waals surface area contributed by atoms with Gasteiger partial charge < -0.3 is 9.90 Å². The zero-order valence-corrected chi connectivity index (χ0v) is 11.9. The third-order valence-electron chi connectivity index (χ3n) is 0.803. The average molecular weight is 232 g/mol. The number of rotatable bonds is 2. The van der Waals surface area contributed by atoms with E-state index in [1.807, 2.05) is 41.5 Å². The Balaban J connectivity index is 0. The molecule has 5 heteroatoms. The van der Waals surface area contributed by atoms with Gasteiger partial charge in [0.2, 0.25) is 0 Å². The van der Waals surface area contributed by atoms with Crippen LogP contribution in [0.3, 0.4) is 0 Å². The van der Waals surface area contributed by atoms with E-state index in [0.29, 0.717) is 0 Å². The van der Waals surface area contributed by atoms with E-state index in [9.17, 15) is 0 Å². The third kappa shape index (κ3) is 31.5. The molecule has 0 spiro atoms. The Bertz CT molecular complexity index is 161. The second-order valence-electron chi connectivity index (χ2n) is 5.05. The SMILES string of the molecule is CC(=O)[O-].CC(C)(C)[O][Al+][O]C(C)(C)C. The standard InChI is InChI=1S/2C4H9O.C2H4O2.Al/c2*1-4(2,3)5;1-2(3)4;/h2*1-3H3;1H3,(H,3,4);/q2*-1;;+3/p-1. The van der Waals surface area contributed by atoms with Gasteiger partial charge in [-0.15, -0.1) is 0 Å². The molecule has 0 heterocycles. The van der Waals surface area contributed by atoms with Gasteiger partial charge in [0, 0.05) is 5.97 Å². The molecule has 0 aliphatic rings. The first-order valence-electron chi connectivity index (χ1n) is 4.79. The summed E-state index contributed by atoms with van der Waals surface area (Å²) in [5, 5.41) is 8.89. The molecule has 0 aromatic carbocycles. The van der Waals surface area contributed by atoms with Crippen LogP contribution in [0.25, 0.3) is 0 Å². The van der Waals surface area contributed by atoms with E-state index < -0.39 is 5.97 Å². The predicted molar refractivity (Wildman–Crippen MR) is 58.1 cm³/mol. The number of carboxylic acid groups (broad SMARTS) is 1. The molecule has 0 fully saturated rings. The Hall–Kier alpha value is -0.0775. The maximum atomic E-state index is 8.89. The molecule has 0 aliphatic carbocycles. The summed E-state index contributed by atoms with van der Waals surface area (Å²) in [5.74, 6) is -1.08. The van der Waals surface area contributed by atoms with Crippen LogP contribution in [-0.2, 0) is 12.4 Å². The van der Waals surface area contributed by atoms with Crippen molar-refractivity contribution in [1.29, 1.82) is 0 Å². The van der Waals surface area contributed by atoms with Gasteiger partial charge in [0.05, 0.1) is 0 Å². The Morgan fingerprint density at radius 1 is 1.00 bits per heavy atom. The first-order chi connectivity index (χ1) is 6.44. The van der Waals surface area contributed by atoms with Crippen LogP contribution in [0.15, 0.2) is 0 Å². The van der Waals surface area contributed by atoms with Crippen LogP contribution in [0.1, 0.15) is 48.5 Å². The summed E-state index contributed by atoms with van der Waals surface area (Å²) in [4.78, 5) is 8.89. The van der Waals surface area contributed by atoms with Gasteiger partial charge in [-0.3, -0.25) is 0 Å². The molecular formula is C10H21AlO4. The van der Waals surface area contributed by atoms with Crippen molar-refractivity contribution in [2.45, 2.75) is 59.7 Å². The molecule has 0 saturated carbocycles. The fourth-order valence-electron chi connectivity index (χ4n) is 0.313. The molecule has 0 aromatic heterocycles. The van der Waals surface area contributed by atoms with E-state index in [-0.39, 0.29) is 27.1 Å². The summed E-state index contributed by atoms with van der Waals surface area (Å²) in [6.07, 6.45) is 0. The number of carbonyl (C=O) groups is 1. The van der Waals surface area contributed by atoms with Crippen molar-refractivity contribution in [2.75, 3.05) is 0 Å². The summed E-state index contributed by atoms with van der Waals surface area (Å²) < 4.78 is 10.9. The van der Waals surface area contributed by atoms with Crippen molar-refractivity contribution in [3.05, 3.63) is 0 Å². The average Bonchev–Trinajstić information content (AvgIpc) is 1.77. The van der Waals surface area contributed by atoms with Crippen LogP contribution in [-0.4, -0.2) is 33.1 Å². The zero-order chi connectivity index (χ0) is 12.7. The molecule has 0 radical (unpaired) electrons. The summed E-state index contributed by atoms with van der Waals surface area (Å²) in [7, 11) is 0. The topological polar surface area (TPSA) is 58.6 Å². The molecule has 0 unspecified atom stereocenters. The summed E-state index contributed by atoms with van der Waals surface area (Å²) >= 11 is -0.331.